The van der Waals surface area contributed by atoms with Gasteiger partial charge in [0.15, 0.2) is 0 Å². The molecule has 0 saturated heterocycles. The number of carbonyl (C=O) groups is 3. The second-order valence-corrected chi connectivity index (χ2v) is 7.77. The molecule has 2 N–H and O–H groups in total. The van der Waals surface area contributed by atoms with Gasteiger partial charge in [0.25, 0.3) is 0 Å². The lowest BCUT2D eigenvalue weighted by atomic mass is 10.1. The van der Waals surface area contributed by atoms with Crippen LogP contribution < -0.4 is 15.4 Å². The lowest BCUT2D eigenvalue weighted by Crippen LogP contribution is -2.42. The predicted molar refractivity (Wildman–Crippen MR) is 131 cm³/mol. The molecule has 0 bridgehead atoms. The van der Waals surface area contributed by atoms with Gasteiger partial charge in [-0.2, -0.15) is 0 Å². The largest absolute Gasteiger partial charge is 0.497 e. The summed E-state index contributed by atoms with van der Waals surface area (Å²) in [7, 11) is 1.57. The number of amides is 3. The zero-order chi connectivity index (χ0) is 24.2. The van der Waals surface area contributed by atoms with Gasteiger partial charge in [0, 0.05) is 18.7 Å². The van der Waals surface area contributed by atoms with E-state index < -0.39 is 5.91 Å². The van der Waals surface area contributed by atoms with E-state index in [0.717, 1.165) is 11.1 Å². The van der Waals surface area contributed by atoms with Crippen molar-refractivity contribution >= 4 is 23.4 Å². The zero-order valence-corrected chi connectivity index (χ0v) is 19.2. The number of ether oxygens (including phenoxy) is 1. The van der Waals surface area contributed by atoms with E-state index in [-0.39, 0.29) is 24.9 Å². The molecular formula is C27H29N3O4. The topological polar surface area (TPSA) is 87.7 Å². The molecule has 7 nitrogen and oxygen atoms in total. The molecular weight excluding hydrogens is 430 g/mol. The van der Waals surface area contributed by atoms with Crippen LogP contribution in [0.15, 0.2) is 84.9 Å². The van der Waals surface area contributed by atoms with E-state index in [4.69, 9.17) is 4.74 Å². The average Bonchev–Trinajstić information content (AvgIpc) is 2.87. The van der Waals surface area contributed by atoms with Gasteiger partial charge >= 0.3 is 0 Å². The third-order valence-corrected chi connectivity index (χ3v) is 5.19. The lowest BCUT2D eigenvalue weighted by molar-refractivity contribution is -0.136. The second kappa shape index (κ2) is 12.8. The molecule has 3 aromatic rings. The van der Waals surface area contributed by atoms with E-state index in [9.17, 15) is 14.4 Å². The Morgan fingerprint density at radius 1 is 0.794 bits per heavy atom. The molecule has 34 heavy (non-hydrogen) atoms. The first-order valence-corrected chi connectivity index (χ1v) is 11.1. The Hall–Kier alpha value is -4.13. The smallest absolute Gasteiger partial charge is 0.243 e. The highest BCUT2D eigenvalue weighted by Crippen LogP contribution is 2.14. The minimum atomic E-state index is -0.395. The number of rotatable bonds is 11. The maximum absolute atomic E-state index is 12.9. The molecule has 0 heterocycles. The highest BCUT2D eigenvalue weighted by Gasteiger charge is 2.18. The number of hydrogen-bond donors (Lipinski definition) is 2. The fraction of sp³-hybridized carbons (Fsp3) is 0.222. The minimum Gasteiger partial charge on any atom is -0.497 e. The summed E-state index contributed by atoms with van der Waals surface area (Å²) < 4.78 is 5.09. The van der Waals surface area contributed by atoms with Crippen molar-refractivity contribution in [3.05, 3.63) is 96.1 Å². The Kier molecular flexibility index (Phi) is 9.22. The Balaban J connectivity index is 1.54. The monoisotopic (exact) mass is 459 g/mol. The summed E-state index contributed by atoms with van der Waals surface area (Å²) in [6, 6.07) is 26.2. The molecule has 0 spiro atoms. The van der Waals surface area contributed by atoms with Crippen LogP contribution in [-0.2, 0) is 27.3 Å². The normalized spacial score (nSPS) is 10.3. The number of anilines is 1. The molecule has 0 atom stereocenters. The van der Waals surface area contributed by atoms with Crippen LogP contribution in [0.3, 0.4) is 0 Å². The maximum Gasteiger partial charge on any atom is 0.243 e. The van der Waals surface area contributed by atoms with Crippen molar-refractivity contribution in [1.29, 1.82) is 0 Å². The van der Waals surface area contributed by atoms with Crippen molar-refractivity contribution in [2.45, 2.75) is 19.4 Å². The Labute approximate surface area is 199 Å². The Morgan fingerprint density at radius 2 is 1.41 bits per heavy atom. The van der Waals surface area contributed by atoms with Crippen molar-refractivity contribution in [2.24, 2.45) is 0 Å². The van der Waals surface area contributed by atoms with E-state index in [1.165, 1.54) is 4.90 Å². The molecule has 0 aliphatic carbocycles. The number of nitrogens with one attached hydrogen (secondary N) is 2. The molecule has 0 radical (unpaired) electrons. The van der Waals surface area contributed by atoms with Crippen LogP contribution in [0.5, 0.6) is 5.75 Å². The molecule has 0 unspecified atom stereocenters. The molecule has 0 saturated carbocycles. The number of hydrogen-bond acceptors (Lipinski definition) is 4. The fourth-order valence-electron chi connectivity index (χ4n) is 3.38. The molecule has 0 aliphatic rings. The lowest BCUT2D eigenvalue weighted by Gasteiger charge is -2.22. The number of aryl methyl sites for hydroxylation is 1. The van der Waals surface area contributed by atoms with Crippen LogP contribution in [-0.4, -0.2) is 42.8 Å². The molecule has 0 fully saturated rings. The van der Waals surface area contributed by atoms with E-state index in [1.54, 1.807) is 31.4 Å². The molecule has 0 aliphatic heterocycles. The van der Waals surface area contributed by atoms with Crippen molar-refractivity contribution in [1.82, 2.24) is 10.2 Å². The highest BCUT2D eigenvalue weighted by atomic mass is 16.5. The van der Waals surface area contributed by atoms with Crippen molar-refractivity contribution < 1.29 is 19.1 Å². The Bertz CT molecular complexity index is 1070. The van der Waals surface area contributed by atoms with Crippen LogP contribution in [0.2, 0.25) is 0 Å². The van der Waals surface area contributed by atoms with Crippen molar-refractivity contribution in [2.75, 3.05) is 25.5 Å². The van der Waals surface area contributed by atoms with Gasteiger partial charge in [0.05, 0.1) is 20.2 Å². The molecule has 7 heteroatoms. The van der Waals surface area contributed by atoms with Gasteiger partial charge in [-0.1, -0.05) is 60.7 Å². The first-order valence-electron chi connectivity index (χ1n) is 11.1. The van der Waals surface area contributed by atoms with Crippen LogP contribution >= 0.6 is 0 Å². The SMILES string of the molecule is COc1ccc(NC(=O)CNC(=O)CN(Cc2ccccc2)C(=O)CCc2ccccc2)cc1. The first kappa shape index (κ1) is 24.5. The predicted octanol–water partition coefficient (Wildman–Crippen LogP) is 3.41. The second-order valence-electron chi connectivity index (χ2n) is 7.77. The van der Waals surface area contributed by atoms with Gasteiger partial charge in [-0.3, -0.25) is 14.4 Å². The number of methoxy groups -OCH3 is 1. The zero-order valence-electron chi connectivity index (χ0n) is 19.2. The summed E-state index contributed by atoms with van der Waals surface area (Å²) in [5.41, 5.74) is 2.60. The first-order chi connectivity index (χ1) is 16.5. The standard InChI is InChI=1S/C27H29N3O4/c1-34-24-15-13-23(14-16-24)29-25(31)18-28-26(32)20-30(19-22-10-6-3-7-11-22)27(33)17-12-21-8-4-2-5-9-21/h2-11,13-16H,12,17-20H2,1H3,(H,28,32)(H,29,31). The van der Waals surface area contributed by atoms with Crippen molar-refractivity contribution in [3.63, 3.8) is 0 Å². The minimum absolute atomic E-state index is 0.120. The van der Waals surface area contributed by atoms with Gasteiger partial charge < -0.3 is 20.3 Å². The van der Waals surface area contributed by atoms with E-state index in [1.807, 2.05) is 60.7 Å². The fourth-order valence-corrected chi connectivity index (χ4v) is 3.38. The highest BCUT2D eigenvalue weighted by molar-refractivity contribution is 5.95. The molecule has 176 valence electrons. The third-order valence-electron chi connectivity index (χ3n) is 5.19. The van der Waals surface area contributed by atoms with Gasteiger partial charge in [-0.15, -0.1) is 0 Å². The summed E-state index contributed by atoms with van der Waals surface area (Å²) in [6.07, 6.45) is 0.888. The maximum atomic E-state index is 12.9. The van der Waals surface area contributed by atoms with Crippen LogP contribution in [0.4, 0.5) is 5.69 Å². The van der Waals surface area contributed by atoms with Gasteiger partial charge in [0.2, 0.25) is 17.7 Å². The summed E-state index contributed by atoms with van der Waals surface area (Å²) in [5.74, 6) is -0.190. The summed E-state index contributed by atoms with van der Waals surface area (Å²) >= 11 is 0. The Morgan fingerprint density at radius 3 is 2.03 bits per heavy atom. The van der Waals surface area contributed by atoms with Crippen molar-refractivity contribution in [3.8, 4) is 5.75 Å². The average molecular weight is 460 g/mol. The van der Waals surface area contributed by atoms with Crippen LogP contribution in [0, 0.1) is 0 Å². The molecule has 3 rings (SSSR count). The van der Waals surface area contributed by atoms with E-state index >= 15 is 0 Å². The summed E-state index contributed by atoms with van der Waals surface area (Å²) in [6.45, 7) is 0.000502. The van der Waals surface area contributed by atoms with Crippen LogP contribution in [0.25, 0.3) is 0 Å². The van der Waals surface area contributed by atoms with E-state index in [0.29, 0.717) is 30.8 Å². The quantitative estimate of drug-likeness (QED) is 0.460. The number of carbonyl (C=O) groups excluding carboxylic acids is 3. The molecule has 3 aromatic carbocycles. The number of benzene rings is 3. The summed E-state index contributed by atoms with van der Waals surface area (Å²) in [4.78, 5) is 39.2. The van der Waals surface area contributed by atoms with Gasteiger partial charge in [-0.25, -0.2) is 0 Å². The van der Waals surface area contributed by atoms with Crippen LogP contribution in [0.1, 0.15) is 17.5 Å². The molecule has 0 aromatic heterocycles. The number of nitrogens with zero attached hydrogens (tertiary/aromatic N) is 1. The third kappa shape index (κ3) is 8.09. The van der Waals surface area contributed by atoms with Gasteiger partial charge in [0.1, 0.15) is 5.75 Å². The van der Waals surface area contributed by atoms with Gasteiger partial charge in [-0.05, 0) is 41.8 Å². The van der Waals surface area contributed by atoms with E-state index in [2.05, 4.69) is 10.6 Å². The summed E-state index contributed by atoms with van der Waals surface area (Å²) in [5, 5.41) is 5.31. The molecule has 3 amide bonds.